The van der Waals surface area contributed by atoms with Gasteiger partial charge in [-0.2, -0.15) is 0 Å². The standard InChI is InChI=1S/C29H30Cl2N6O3/c30-24-6-5-19(16-25(24)31)23-15-20-17-32-28(33-27(20)22-4-2-1-3-21(22)23)34-29(39)37-9-7-35(8-10-37)18-26(38)36-11-13-40-14-12-36/h1-6,16-17,23H,7-15,18H2,(H,32,33,34,39). The van der Waals surface area contributed by atoms with Crippen LogP contribution in [0, 0.1) is 0 Å². The highest BCUT2D eigenvalue weighted by atomic mass is 35.5. The second-order valence-corrected chi connectivity index (χ2v) is 11.1. The molecular weight excluding hydrogens is 551 g/mol. The minimum Gasteiger partial charge on any atom is -0.378 e. The summed E-state index contributed by atoms with van der Waals surface area (Å²) in [5.74, 6) is 0.482. The van der Waals surface area contributed by atoms with Crippen LogP contribution in [0.5, 0.6) is 0 Å². The number of hydrogen-bond acceptors (Lipinski definition) is 6. The number of hydrogen-bond donors (Lipinski definition) is 1. The van der Waals surface area contributed by atoms with E-state index in [0.717, 1.165) is 27.9 Å². The molecule has 1 N–H and O–H groups in total. The van der Waals surface area contributed by atoms with Gasteiger partial charge >= 0.3 is 6.03 Å². The highest BCUT2D eigenvalue weighted by Crippen LogP contribution is 2.42. The maximum absolute atomic E-state index is 13.1. The number of urea groups is 1. The van der Waals surface area contributed by atoms with Crippen LogP contribution in [0.1, 0.15) is 22.6 Å². The number of morpholine rings is 1. The lowest BCUT2D eigenvalue weighted by Gasteiger charge is -2.35. The van der Waals surface area contributed by atoms with Crippen molar-refractivity contribution in [3.8, 4) is 11.3 Å². The fourth-order valence-electron chi connectivity index (χ4n) is 5.61. The number of amides is 3. The molecule has 40 heavy (non-hydrogen) atoms. The number of benzene rings is 2. The van der Waals surface area contributed by atoms with Gasteiger partial charge in [0.05, 0.1) is 35.5 Å². The molecule has 3 heterocycles. The number of rotatable bonds is 4. The Morgan fingerprint density at radius 1 is 0.950 bits per heavy atom. The SMILES string of the molecule is O=C(CN1CCN(C(=O)Nc2ncc3c(n2)-c2ccccc2C(c2ccc(Cl)c(Cl)c2)C3)CC1)N1CCOCC1. The van der Waals surface area contributed by atoms with Gasteiger partial charge in [-0.3, -0.25) is 15.0 Å². The molecule has 2 aromatic carbocycles. The smallest absolute Gasteiger partial charge is 0.324 e. The van der Waals surface area contributed by atoms with Crippen molar-refractivity contribution in [3.63, 3.8) is 0 Å². The minimum atomic E-state index is -0.239. The molecule has 6 rings (SSSR count). The number of anilines is 1. The van der Waals surface area contributed by atoms with E-state index in [1.54, 1.807) is 11.1 Å². The van der Waals surface area contributed by atoms with Crippen molar-refractivity contribution >= 4 is 41.1 Å². The predicted octanol–water partition coefficient (Wildman–Crippen LogP) is 4.15. The number of ether oxygens (including phenoxy) is 1. The summed E-state index contributed by atoms with van der Waals surface area (Å²) in [6, 6.07) is 13.7. The van der Waals surface area contributed by atoms with E-state index in [2.05, 4.69) is 21.3 Å². The molecule has 2 fully saturated rings. The van der Waals surface area contributed by atoms with Crippen LogP contribution in [-0.4, -0.2) is 95.6 Å². The second kappa shape index (κ2) is 11.7. The van der Waals surface area contributed by atoms with Crippen molar-refractivity contribution in [1.29, 1.82) is 0 Å². The molecule has 1 atom stereocenters. The summed E-state index contributed by atoms with van der Waals surface area (Å²) in [4.78, 5) is 40.6. The maximum atomic E-state index is 13.1. The molecule has 0 radical (unpaired) electrons. The Balaban J connectivity index is 1.11. The largest absolute Gasteiger partial charge is 0.378 e. The minimum absolute atomic E-state index is 0.0916. The van der Waals surface area contributed by atoms with E-state index >= 15 is 0 Å². The van der Waals surface area contributed by atoms with E-state index in [1.165, 1.54) is 0 Å². The molecule has 208 valence electrons. The van der Waals surface area contributed by atoms with Crippen LogP contribution in [0.25, 0.3) is 11.3 Å². The summed E-state index contributed by atoms with van der Waals surface area (Å²) in [6.45, 7) is 5.16. The lowest BCUT2D eigenvalue weighted by atomic mass is 9.78. The Hall–Kier alpha value is -3.24. The predicted molar refractivity (Wildman–Crippen MR) is 154 cm³/mol. The first-order valence-electron chi connectivity index (χ1n) is 13.5. The Morgan fingerprint density at radius 3 is 2.50 bits per heavy atom. The fourth-order valence-corrected chi connectivity index (χ4v) is 5.92. The molecule has 1 aromatic heterocycles. The summed E-state index contributed by atoms with van der Waals surface area (Å²) in [5, 5.41) is 3.94. The lowest BCUT2D eigenvalue weighted by Crippen LogP contribution is -2.53. The first-order valence-corrected chi connectivity index (χ1v) is 14.3. The van der Waals surface area contributed by atoms with E-state index in [4.69, 9.17) is 32.9 Å². The Labute approximate surface area is 243 Å². The van der Waals surface area contributed by atoms with Crippen LogP contribution in [0.2, 0.25) is 10.0 Å². The molecule has 1 unspecified atom stereocenters. The van der Waals surface area contributed by atoms with Gasteiger partial charge in [-0.05, 0) is 35.2 Å². The molecule has 0 saturated carbocycles. The third kappa shape index (κ3) is 5.65. The molecule has 3 amide bonds. The molecule has 0 spiro atoms. The van der Waals surface area contributed by atoms with Gasteiger partial charge in [0.15, 0.2) is 0 Å². The van der Waals surface area contributed by atoms with Crippen molar-refractivity contribution in [1.82, 2.24) is 24.7 Å². The average molecular weight is 582 g/mol. The van der Waals surface area contributed by atoms with Crippen LogP contribution < -0.4 is 5.32 Å². The highest BCUT2D eigenvalue weighted by Gasteiger charge is 2.29. The van der Waals surface area contributed by atoms with Crippen LogP contribution >= 0.6 is 23.2 Å². The zero-order valence-corrected chi connectivity index (χ0v) is 23.5. The number of fused-ring (bicyclic) bond motifs is 3. The molecular formula is C29H30Cl2N6O3. The van der Waals surface area contributed by atoms with E-state index in [1.807, 2.05) is 41.3 Å². The molecule has 2 aliphatic heterocycles. The Kier molecular flexibility index (Phi) is 7.89. The summed E-state index contributed by atoms with van der Waals surface area (Å²) in [7, 11) is 0. The summed E-state index contributed by atoms with van der Waals surface area (Å²) < 4.78 is 5.33. The second-order valence-electron chi connectivity index (χ2n) is 10.3. The van der Waals surface area contributed by atoms with E-state index in [-0.39, 0.29) is 23.8 Å². The zero-order valence-electron chi connectivity index (χ0n) is 22.0. The molecule has 3 aromatic rings. The van der Waals surface area contributed by atoms with Gasteiger partial charge in [0.2, 0.25) is 11.9 Å². The van der Waals surface area contributed by atoms with Crippen LogP contribution in [0.4, 0.5) is 10.7 Å². The van der Waals surface area contributed by atoms with Crippen molar-refractivity contribution in [2.24, 2.45) is 0 Å². The number of nitrogens with zero attached hydrogens (tertiary/aromatic N) is 5. The number of halogens is 2. The molecule has 11 heteroatoms. The summed E-state index contributed by atoms with van der Waals surface area (Å²) >= 11 is 12.5. The van der Waals surface area contributed by atoms with Crippen LogP contribution in [0.15, 0.2) is 48.7 Å². The number of aromatic nitrogens is 2. The quantitative estimate of drug-likeness (QED) is 0.498. The summed E-state index contributed by atoms with van der Waals surface area (Å²) in [5.41, 5.74) is 5.06. The number of carbonyl (C=O) groups is 2. The van der Waals surface area contributed by atoms with Gasteiger partial charge in [-0.25, -0.2) is 14.8 Å². The maximum Gasteiger partial charge on any atom is 0.324 e. The number of nitrogens with one attached hydrogen (secondary N) is 1. The fraction of sp³-hybridized carbons (Fsp3) is 0.379. The van der Waals surface area contributed by atoms with Crippen molar-refractivity contribution in [3.05, 3.63) is 75.4 Å². The van der Waals surface area contributed by atoms with E-state index in [0.29, 0.717) is 75.5 Å². The topological polar surface area (TPSA) is 90.9 Å². The molecule has 2 saturated heterocycles. The highest BCUT2D eigenvalue weighted by molar-refractivity contribution is 6.42. The van der Waals surface area contributed by atoms with Gasteiger partial charge in [0, 0.05) is 56.9 Å². The van der Waals surface area contributed by atoms with Crippen LogP contribution in [-0.2, 0) is 16.0 Å². The summed E-state index contributed by atoms with van der Waals surface area (Å²) in [6.07, 6.45) is 2.51. The van der Waals surface area contributed by atoms with Gasteiger partial charge in [-0.15, -0.1) is 0 Å². The average Bonchev–Trinajstić information content (AvgIpc) is 2.99. The first kappa shape index (κ1) is 27.0. The monoisotopic (exact) mass is 580 g/mol. The third-order valence-electron chi connectivity index (χ3n) is 7.83. The van der Waals surface area contributed by atoms with Crippen LogP contribution in [0.3, 0.4) is 0 Å². The molecule has 1 aliphatic carbocycles. The Bertz CT molecular complexity index is 1420. The number of carbonyl (C=O) groups excluding carboxylic acids is 2. The van der Waals surface area contributed by atoms with Crippen molar-refractivity contribution < 1.29 is 14.3 Å². The van der Waals surface area contributed by atoms with E-state index < -0.39 is 0 Å². The van der Waals surface area contributed by atoms with Gasteiger partial charge in [0.1, 0.15) is 0 Å². The third-order valence-corrected chi connectivity index (χ3v) is 8.57. The molecule has 9 nitrogen and oxygen atoms in total. The number of piperazine rings is 1. The lowest BCUT2D eigenvalue weighted by molar-refractivity contribution is -0.136. The zero-order chi connectivity index (χ0) is 27.6. The Morgan fingerprint density at radius 2 is 1.73 bits per heavy atom. The molecule has 3 aliphatic rings. The van der Waals surface area contributed by atoms with Gasteiger partial charge < -0.3 is 14.5 Å². The van der Waals surface area contributed by atoms with Crippen molar-refractivity contribution in [2.45, 2.75) is 12.3 Å². The van der Waals surface area contributed by atoms with Crippen molar-refractivity contribution in [2.75, 3.05) is 64.3 Å². The first-order chi connectivity index (χ1) is 19.5. The normalized spacial score (nSPS) is 19.1. The van der Waals surface area contributed by atoms with E-state index in [9.17, 15) is 9.59 Å². The van der Waals surface area contributed by atoms with Gasteiger partial charge in [0.25, 0.3) is 0 Å². The molecule has 0 bridgehead atoms. The van der Waals surface area contributed by atoms with Gasteiger partial charge in [-0.1, -0.05) is 53.5 Å².